The molecule has 208 valence electrons. The van der Waals surface area contributed by atoms with E-state index >= 15 is 0 Å². The molecule has 1 fully saturated rings. The number of piperazine rings is 1. The zero-order chi connectivity index (χ0) is 28.5. The van der Waals surface area contributed by atoms with Gasteiger partial charge in [0, 0.05) is 49.2 Å². The molecule has 2 N–H and O–H groups in total. The van der Waals surface area contributed by atoms with Crippen molar-refractivity contribution in [1.29, 1.82) is 0 Å². The Labute approximate surface area is 237 Å². The quantitative estimate of drug-likeness (QED) is 0.247. The van der Waals surface area contributed by atoms with E-state index < -0.39 is 0 Å². The molecule has 0 atom stereocenters. The fourth-order valence-corrected chi connectivity index (χ4v) is 4.77. The summed E-state index contributed by atoms with van der Waals surface area (Å²) < 4.78 is 7.57. The number of hydrogen-bond acceptors (Lipinski definition) is 6. The number of likely N-dealkylation sites (N-methyl/N-ethyl adjacent to an activating group) is 1. The maximum absolute atomic E-state index is 6.57. The number of aromatic nitrogens is 3. The van der Waals surface area contributed by atoms with E-state index in [-0.39, 0.29) is 0 Å². The molecule has 0 aliphatic carbocycles. The summed E-state index contributed by atoms with van der Waals surface area (Å²) in [4.78, 5) is 9.67. The highest BCUT2D eigenvalue weighted by Crippen LogP contribution is 2.32. The van der Waals surface area contributed by atoms with Crippen LogP contribution in [0.25, 0.3) is 27.9 Å². The van der Waals surface area contributed by atoms with Gasteiger partial charge < -0.3 is 20.3 Å². The first-order valence-corrected chi connectivity index (χ1v) is 14.0. The number of rotatable bonds is 9. The smallest absolute Gasteiger partial charge is 0.165 e. The van der Waals surface area contributed by atoms with Gasteiger partial charge in [-0.25, -0.2) is 4.98 Å². The molecule has 7 nitrogen and oxygen atoms in total. The van der Waals surface area contributed by atoms with Gasteiger partial charge in [-0.2, -0.15) is 9.61 Å². The molecule has 40 heavy (non-hydrogen) atoms. The van der Waals surface area contributed by atoms with E-state index in [0.717, 1.165) is 71.9 Å². The Bertz CT molecular complexity index is 1450. The Hall–Kier alpha value is -4.36. The van der Waals surface area contributed by atoms with Gasteiger partial charge in [0.1, 0.15) is 18.2 Å². The maximum Gasteiger partial charge on any atom is 0.165 e. The van der Waals surface area contributed by atoms with Crippen LogP contribution in [0, 0.1) is 0 Å². The van der Waals surface area contributed by atoms with Crippen molar-refractivity contribution < 1.29 is 4.74 Å². The highest BCUT2D eigenvalue weighted by molar-refractivity contribution is 5.82. The van der Waals surface area contributed by atoms with Crippen molar-refractivity contribution in [3.8, 4) is 28.0 Å². The average molecular weight is 537 g/mol. The second-order valence-electron chi connectivity index (χ2n) is 9.31. The Balaban J connectivity index is 0.00000181. The first kappa shape index (κ1) is 28.6. The van der Waals surface area contributed by atoms with Gasteiger partial charge in [-0.3, -0.25) is 0 Å². The number of allylic oxidation sites excluding steroid dienone is 2. The van der Waals surface area contributed by atoms with E-state index in [2.05, 4.69) is 59.2 Å². The second kappa shape index (κ2) is 13.6. The predicted octanol–water partition coefficient (Wildman–Crippen LogP) is 6.49. The molecule has 3 heterocycles. The molecule has 0 bridgehead atoms. The van der Waals surface area contributed by atoms with Gasteiger partial charge >= 0.3 is 0 Å². The first-order chi connectivity index (χ1) is 19.6. The minimum atomic E-state index is 0.428. The van der Waals surface area contributed by atoms with Gasteiger partial charge in [-0.05, 0) is 47.5 Å². The molecule has 7 heteroatoms. The molecule has 5 rings (SSSR count). The van der Waals surface area contributed by atoms with Crippen LogP contribution < -0.4 is 15.4 Å². The minimum absolute atomic E-state index is 0.428. The average Bonchev–Trinajstić information content (AvgIpc) is 3.46. The van der Waals surface area contributed by atoms with Crippen LogP contribution in [0.4, 0.5) is 11.5 Å². The van der Waals surface area contributed by atoms with Crippen LogP contribution in [-0.2, 0) is 0 Å². The summed E-state index contributed by atoms with van der Waals surface area (Å²) in [6.07, 6.45) is 9.02. The number of benzene rings is 2. The van der Waals surface area contributed by atoms with Crippen LogP contribution in [0.3, 0.4) is 0 Å². The summed E-state index contributed by atoms with van der Waals surface area (Å²) in [6.45, 7) is 19.6. The molecule has 1 aliphatic rings. The summed E-state index contributed by atoms with van der Waals surface area (Å²) in [6, 6.07) is 16.5. The number of nitrogen functional groups attached to an aromatic ring is 1. The standard InChI is InChI=1S/C31H34N6O.C2H6/c1-4-7-23(5-2)22-38-27-14-10-24(11-15-27)28-20-33-31-29(21-34-37(31)30(28)32)25-8-12-26(13-9-25)36-18-16-35(6-3)17-19-36;1-2/h4-5,7-15,20-21H,1-2,6,16-19,22,32H2,3H3;1-2H3/b23-7+;. The van der Waals surface area contributed by atoms with Gasteiger partial charge in [0.2, 0.25) is 0 Å². The SMILES string of the molecule is C=C/C=C(\C=C)COc1ccc(-c2cnc3c(-c4ccc(N5CCN(CC)CC5)cc4)cnn3c2N)cc1.CC. The van der Waals surface area contributed by atoms with Crippen LogP contribution in [0.1, 0.15) is 20.8 Å². The fraction of sp³-hybridized carbons (Fsp3) is 0.273. The molecule has 0 unspecified atom stereocenters. The largest absolute Gasteiger partial charge is 0.489 e. The van der Waals surface area contributed by atoms with Crippen molar-refractivity contribution in [2.24, 2.45) is 0 Å². The monoisotopic (exact) mass is 536 g/mol. The van der Waals surface area contributed by atoms with Crippen molar-refractivity contribution in [3.05, 3.63) is 97.9 Å². The highest BCUT2D eigenvalue weighted by Gasteiger charge is 2.17. The number of nitrogens with zero attached hydrogens (tertiary/aromatic N) is 5. The van der Waals surface area contributed by atoms with Gasteiger partial charge in [-0.1, -0.05) is 76.4 Å². The third-order valence-corrected chi connectivity index (χ3v) is 7.09. The van der Waals surface area contributed by atoms with Crippen LogP contribution in [0.2, 0.25) is 0 Å². The molecule has 0 saturated carbocycles. The molecule has 2 aromatic heterocycles. The molecular formula is C33H40N6O. The zero-order valence-electron chi connectivity index (χ0n) is 23.9. The number of nitrogens with two attached hydrogens (primary N) is 1. The van der Waals surface area contributed by atoms with E-state index in [1.54, 1.807) is 16.7 Å². The molecule has 1 saturated heterocycles. The van der Waals surface area contributed by atoms with Gasteiger partial charge in [0.05, 0.1) is 6.20 Å². The maximum atomic E-state index is 6.57. The summed E-state index contributed by atoms with van der Waals surface area (Å²) in [5.41, 5.74) is 13.3. The van der Waals surface area contributed by atoms with E-state index in [9.17, 15) is 0 Å². The summed E-state index contributed by atoms with van der Waals surface area (Å²) in [5.74, 6) is 1.30. The molecule has 4 aromatic rings. The fourth-order valence-electron chi connectivity index (χ4n) is 4.77. The van der Waals surface area contributed by atoms with Crippen molar-refractivity contribution >= 4 is 17.2 Å². The summed E-state index contributed by atoms with van der Waals surface area (Å²) >= 11 is 0. The number of fused-ring (bicyclic) bond motifs is 1. The number of ether oxygens (including phenoxy) is 1. The first-order valence-electron chi connectivity index (χ1n) is 14.0. The minimum Gasteiger partial charge on any atom is -0.489 e. The second-order valence-corrected chi connectivity index (χ2v) is 9.31. The lowest BCUT2D eigenvalue weighted by Crippen LogP contribution is -2.46. The molecular weight excluding hydrogens is 496 g/mol. The van der Waals surface area contributed by atoms with Crippen LogP contribution in [0.5, 0.6) is 5.75 Å². The third-order valence-electron chi connectivity index (χ3n) is 7.09. The molecule has 1 aliphatic heterocycles. The predicted molar refractivity (Wildman–Crippen MR) is 168 cm³/mol. The normalized spacial score (nSPS) is 14.0. The highest BCUT2D eigenvalue weighted by atomic mass is 16.5. The number of anilines is 2. The Morgan fingerprint density at radius 1 is 0.925 bits per heavy atom. The van der Waals surface area contributed by atoms with Crippen LogP contribution >= 0.6 is 0 Å². The van der Waals surface area contributed by atoms with E-state index in [4.69, 9.17) is 15.5 Å². The van der Waals surface area contributed by atoms with Gasteiger partial charge in [-0.15, -0.1) is 0 Å². The Morgan fingerprint density at radius 2 is 1.57 bits per heavy atom. The van der Waals surface area contributed by atoms with Crippen molar-refractivity contribution in [3.63, 3.8) is 0 Å². The van der Waals surface area contributed by atoms with E-state index in [1.807, 2.05) is 56.6 Å². The lowest BCUT2D eigenvalue weighted by molar-refractivity contribution is 0.271. The van der Waals surface area contributed by atoms with Crippen LogP contribution in [0.15, 0.2) is 97.9 Å². The lowest BCUT2D eigenvalue weighted by atomic mass is 10.1. The Kier molecular flexibility index (Phi) is 9.76. The molecule has 0 radical (unpaired) electrons. The molecule has 2 aromatic carbocycles. The van der Waals surface area contributed by atoms with Gasteiger partial charge in [0.25, 0.3) is 0 Å². The molecule has 0 amide bonds. The summed E-state index contributed by atoms with van der Waals surface area (Å²) in [5, 5.41) is 4.57. The van der Waals surface area contributed by atoms with Crippen LogP contribution in [-0.4, -0.2) is 58.8 Å². The topological polar surface area (TPSA) is 71.9 Å². The number of hydrogen-bond donors (Lipinski definition) is 1. The van der Waals surface area contributed by atoms with Crippen molar-refractivity contribution in [2.45, 2.75) is 20.8 Å². The van der Waals surface area contributed by atoms with E-state index in [0.29, 0.717) is 12.4 Å². The van der Waals surface area contributed by atoms with Crippen molar-refractivity contribution in [2.75, 3.05) is 50.0 Å². The third kappa shape index (κ3) is 6.26. The zero-order valence-corrected chi connectivity index (χ0v) is 23.9. The van der Waals surface area contributed by atoms with Gasteiger partial charge in [0.15, 0.2) is 5.65 Å². The van der Waals surface area contributed by atoms with E-state index in [1.165, 1.54) is 5.69 Å². The lowest BCUT2D eigenvalue weighted by Gasteiger charge is -2.35. The summed E-state index contributed by atoms with van der Waals surface area (Å²) in [7, 11) is 0. The van der Waals surface area contributed by atoms with Crippen molar-refractivity contribution in [1.82, 2.24) is 19.5 Å². The Morgan fingerprint density at radius 3 is 2.20 bits per heavy atom. The molecule has 0 spiro atoms.